The lowest BCUT2D eigenvalue weighted by Crippen LogP contribution is -1.89. The van der Waals surface area contributed by atoms with E-state index in [1.54, 1.807) is 0 Å². The molecule has 0 heteroatoms. The normalized spacial score (nSPS) is 12.5. The van der Waals surface area contributed by atoms with Gasteiger partial charge in [0.05, 0.1) is 0 Å². The average molecular weight is 282 g/mol. The number of rotatable bonds is 0. The first kappa shape index (κ1) is 10.8. The largest absolute Gasteiger partial charge is 0.0610 e. The SMILES string of the molecule is c1cc2ccc3ccc4cc[13c]5[13cH][13cH][13cH][13c]6c(c1)c2c3c4[13c]56. The van der Waals surface area contributed by atoms with E-state index in [0.717, 1.165) is 0 Å². The van der Waals surface area contributed by atoms with Crippen molar-refractivity contribution in [2.45, 2.75) is 0 Å². The maximum atomic E-state index is 2.27. The van der Waals surface area contributed by atoms with E-state index in [0.29, 0.717) is 0 Å². The van der Waals surface area contributed by atoms with Crippen molar-refractivity contribution in [2.24, 2.45) is 0 Å². The third kappa shape index (κ3) is 1.09. The fraction of sp³-hybridized carbons (Fsp3) is 0. The Morgan fingerprint density at radius 1 is 0.318 bits per heavy atom. The first-order valence-corrected chi connectivity index (χ1v) is 7.72. The lowest BCUT2D eigenvalue weighted by Gasteiger charge is -2.17. The number of benzene rings is 6. The molecular formula is C22H12. The van der Waals surface area contributed by atoms with Crippen molar-refractivity contribution in [2.75, 3.05) is 0 Å². The predicted octanol–water partition coefficient (Wildman–Crippen LogP) is 6.33. The topological polar surface area (TPSA) is 0 Å². The van der Waals surface area contributed by atoms with Crippen molar-refractivity contribution in [1.29, 1.82) is 0 Å². The summed E-state index contributed by atoms with van der Waals surface area (Å²) < 4.78 is 0. The summed E-state index contributed by atoms with van der Waals surface area (Å²) in [6.45, 7) is 0. The summed E-state index contributed by atoms with van der Waals surface area (Å²) in [7, 11) is 0. The highest BCUT2D eigenvalue weighted by Crippen LogP contribution is 2.44. The van der Waals surface area contributed by atoms with Crippen molar-refractivity contribution in [3.05, 3.63) is 72.8 Å². The highest BCUT2D eigenvalue weighted by atomic mass is 14.8. The van der Waals surface area contributed by atoms with Gasteiger partial charge in [-0.25, -0.2) is 0 Å². The van der Waals surface area contributed by atoms with Gasteiger partial charge in [-0.05, 0) is 53.9 Å². The van der Waals surface area contributed by atoms with Gasteiger partial charge in [-0.2, -0.15) is 0 Å². The second kappa shape index (κ2) is 3.48. The molecule has 0 saturated heterocycles. The zero-order chi connectivity index (χ0) is 14.3. The van der Waals surface area contributed by atoms with Crippen LogP contribution in [-0.4, -0.2) is 0 Å². The molecule has 0 nitrogen and oxygen atoms in total. The fourth-order valence-corrected chi connectivity index (χ4v) is 4.24. The van der Waals surface area contributed by atoms with Crippen molar-refractivity contribution in [3.63, 3.8) is 0 Å². The highest BCUT2D eigenvalue weighted by Gasteiger charge is 2.15. The molecule has 0 radical (unpaired) electrons. The van der Waals surface area contributed by atoms with Crippen LogP contribution in [0.4, 0.5) is 0 Å². The summed E-state index contributed by atoms with van der Waals surface area (Å²) in [6.07, 6.45) is 0. The lowest BCUT2D eigenvalue weighted by molar-refractivity contribution is 1.79. The zero-order valence-electron chi connectivity index (χ0n) is 11.9. The first-order valence-electron chi connectivity index (χ1n) is 7.72. The van der Waals surface area contributed by atoms with Crippen molar-refractivity contribution < 1.29 is 0 Å². The van der Waals surface area contributed by atoms with Crippen LogP contribution in [0.15, 0.2) is 72.8 Å². The molecule has 0 aliphatic rings. The van der Waals surface area contributed by atoms with Gasteiger partial charge in [0.25, 0.3) is 0 Å². The predicted molar refractivity (Wildman–Crippen MR) is 96.3 cm³/mol. The number of hydrogen-bond acceptors (Lipinski definition) is 0. The van der Waals surface area contributed by atoms with Crippen LogP contribution in [0.2, 0.25) is 0 Å². The molecule has 0 spiro atoms. The third-order valence-electron chi connectivity index (χ3n) is 5.14. The smallest absolute Gasteiger partial charge is 0.00141 e. The quantitative estimate of drug-likeness (QED) is 0.225. The van der Waals surface area contributed by atoms with Crippen molar-refractivity contribution >= 4 is 53.9 Å². The van der Waals surface area contributed by atoms with Gasteiger partial charge < -0.3 is 0 Å². The first-order chi connectivity index (χ1) is 10.9. The molecule has 0 bridgehead atoms. The van der Waals surface area contributed by atoms with Crippen molar-refractivity contribution in [3.8, 4) is 0 Å². The molecule has 6 rings (SSSR count). The molecule has 0 fully saturated rings. The summed E-state index contributed by atoms with van der Waals surface area (Å²) in [5, 5.41) is 13.8. The summed E-state index contributed by atoms with van der Waals surface area (Å²) in [4.78, 5) is 0. The van der Waals surface area contributed by atoms with Gasteiger partial charge in [-0.15, -0.1) is 0 Å². The highest BCUT2D eigenvalue weighted by molar-refractivity contribution is 6.39. The molecule has 6 aromatic rings. The Kier molecular flexibility index (Phi) is 1.71. The molecule has 0 amide bonds. The van der Waals surface area contributed by atoms with E-state index in [9.17, 15) is 0 Å². The molecule has 0 heterocycles. The molecule has 6 aromatic carbocycles. The zero-order valence-corrected chi connectivity index (χ0v) is 11.9. The van der Waals surface area contributed by atoms with E-state index in [1.807, 2.05) is 0 Å². The minimum atomic E-state index is 1.34. The van der Waals surface area contributed by atoms with E-state index < -0.39 is 0 Å². The van der Waals surface area contributed by atoms with E-state index >= 15 is 0 Å². The van der Waals surface area contributed by atoms with E-state index in [2.05, 4.69) is 72.8 Å². The van der Waals surface area contributed by atoms with Crippen LogP contribution in [0.1, 0.15) is 0 Å². The van der Waals surface area contributed by atoms with Gasteiger partial charge in [0.2, 0.25) is 0 Å². The Balaban J connectivity index is 2.21. The molecule has 0 atom stereocenters. The van der Waals surface area contributed by atoms with Crippen LogP contribution >= 0.6 is 0 Å². The van der Waals surface area contributed by atoms with E-state index in [1.165, 1.54) is 53.9 Å². The average Bonchev–Trinajstić information content (AvgIpc) is 2.59. The fourth-order valence-electron chi connectivity index (χ4n) is 4.24. The summed E-state index contributed by atoms with van der Waals surface area (Å²) in [5.41, 5.74) is 0. The number of fused-ring (bicyclic) bond motifs is 1. The van der Waals surface area contributed by atoms with Crippen LogP contribution in [0, 0.1) is 0 Å². The monoisotopic (exact) mass is 282 g/mol. The van der Waals surface area contributed by atoms with Crippen LogP contribution in [0.3, 0.4) is 0 Å². The number of hydrogen-bond donors (Lipinski definition) is 0. The molecular weight excluding hydrogens is 270 g/mol. The molecule has 0 N–H and O–H groups in total. The lowest BCUT2D eigenvalue weighted by atomic mass is 9.96. The van der Waals surface area contributed by atoms with Crippen LogP contribution in [-0.2, 0) is 0 Å². The van der Waals surface area contributed by atoms with Gasteiger partial charge in [0.15, 0.2) is 0 Å². The summed E-state index contributed by atoms with van der Waals surface area (Å²) in [5.74, 6) is 0. The molecule has 0 unspecified atom stereocenters. The maximum absolute atomic E-state index is 2.27. The molecule has 22 heavy (non-hydrogen) atoms. The Morgan fingerprint density at radius 2 is 0.682 bits per heavy atom. The minimum Gasteiger partial charge on any atom is -0.0610 e. The second-order valence-electron chi connectivity index (χ2n) is 6.20. The maximum Gasteiger partial charge on any atom is -0.00141 e. The Labute approximate surface area is 127 Å². The van der Waals surface area contributed by atoms with E-state index in [-0.39, 0.29) is 0 Å². The van der Waals surface area contributed by atoms with Gasteiger partial charge in [0.1, 0.15) is 0 Å². The Morgan fingerprint density at radius 3 is 1.09 bits per heavy atom. The standard InChI is InChI=1S/C22H12/c1-3-13-7-9-15-11-12-16-10-8-14-4-2-6-18-17(5-1)19(13)21(15)22(16)20(14)18/h1-12H/i1+1,3+1,5+1,13+1,17+1,19+1. The van der Waals surface area contributed by atoms with Gasteiger partial charge >= 0.3 is 0 Å². The minimum absolute atomic E-state index is 1.34. The van der Waals surface area contributed by atoms with Crippen LogP contribution in [0.5, 0.6) is 0 Å². The molecule has 0 aliphatic carbocycles. The van der Waals surface area contributed by atoms with E-state index in [4.69, 9.17) is 0 Å². The second-order valence-corrected chi connectivity index (χ2v) is 6.20. The molecule has 100 valence electrons. The van der Waals surface area contributed by atoms with Crippen LogP contribution in [0.25, 0.3) is 53.9 Å². The Hall–Kier alpha value is -2.86. The van der Waals surface area contributed by atoms with Gasteiger partial charge in [0, 0.05) is 0 Å². The molecule has 0 aromatic heterocycles. The molecule has 0 aliphatic heterocycles. The summed E-state index contributed by atoms with van der Waals surface area (Å²) in [6, 6.07) is 26.9. The molecule has 0 saturated carbocycles. The van der Waals surface area contributed by atoms with Gasteiger partial charge in [-0.1, -0.05) is 72.8 Å². The van der Waals surface area contributed by atoms with Gasteiger partial charge in [-0.3, -0.25) is 0 Å². The van der Waals surface area contributed by atoms with Crippen molar-refractivity contribution in [1.82, 2.24) is 0 Å². The third-order valence-corrected chi connectivity index (χ3v) is 5.14. The summed E-state index contributed by atoms with van der Waals surface area (Å²) >= 11 is 0. The van der Waals surface area contributed by atoms with Crippen LogP contribution < -0.4 is 0 Å². The Bertz CT molecular complexity index is 1190.